The fraction of sp³-hybridized carbons (Fsp3) is 0.263. The number of carboxylic acid groups (broad SMARTS) is 1. The Hall–Kier alpha value is -2.62. The Balaban J connectivity index is 2.18. The van der Waals surface area contributed by atoms with Gasteiger partial charge >= 0.3 is 5.97 Å². The lowest BCUT2D eigenvalue weighted by Gasteiger charge is -2.20. The van der Waals surface area contributed by atoms with Gasteiger partial charge in [-0.25, -0.2) is 0 Å². The van der Waals surface area contributed by atoms with Crippen LogP contribution in [0.3, 0.4) is 0 Å². The van der Waals surface area contributed by atoms with Crippen molar-refractivity contribution < 1.29 is 14.7 Å². The maximum atomic E-state index is 12.4. The molecule has 1 amide bonds. The van der Waals surface area contributed by atoms with E-state index >= 15 is 0 Å². The monoisotopic (exact) mass is 311 g/mol. The van der Waals surface area contributed by atoms with Crippen molar-refractivity contribution in [2.45, 2.75) is 32.6 Å². The Morgan fingerprint density at radius 2 is 1.65 bits per heavy atom. The van der Waals surface area contributed by atoms with Crippen LogP contribution in [0.4, 0.5) is 5.69 Å². The van der Waals surface area contributed by atoms with Crippen LogP contribution in [-0.4, -0.2) is 17.0 Å². The molecule has 0 aromatic heterocycles. The van der Waals surface area contributed by atoms with E-state index in [-0.39, 0.29) is 5.91 Å². The van der Waals surface area contributed by atoms with E-state index in [1.165, 1.54) is 0 Å². The zero-order valence-corrected chi connectivity index (χ0v) is 13.6. The number of hydrogen-bond donors (Lipinski definition) is 2. The molecule has 0 fully saturated rings. The number of anilines is 1. The first-order chi connectivity index (χ1) is 10.9. The molecule has 2 aromatic rings. The number of aryl methyl sites for hydroxylation is 1. The molecule has 0 aliphatic rings. The Morgan fingerprint density at radius 3 is 2.22 bits per heavy atom. The molecule has 23 heavy (non-hydrogen) atoms. The predicted molar refractivity (Wildman–Crippen MR) is 90.9 cm³/mol. The third-order valence-corrected chi connectivity index (χ3v) is 4.04. The number of carbonyl (C=O) groups is 2. The second-order valence-corrected chi connectivity index (χ2v) is 5.97. The Morgan fingerprint density at radius 1 is 1.04 bits per heavy atom. The van der Waals surface area contributed by atoms with Gasteiger partial charge in [-0.05, 0) is 49.6 Å². The first-order valence-corrected chi connectivity index (χ1v) is 7.59. The zero-order valence-electron chi connectivity index (χ0n) is 13.6. The second kappa shape index (κ2) is 6.65. The van der Waals surface area contributed by atoms with Gasteiger partial charge in [0, 0.05) is 11.3 Å². The van der Waals surface area contributed by atoms with E-state index in [4.69, 9.17) is 0 Å². The Kier molecular flexibility index (Phi) is 4.84. The standard InChI is InChI=1S/C19H21NO3/c1-4-13-7-5-6-8-16(13)17(21)20-15-11-9-14(10-12-15)19(2,3)18(22)23/h5-12H,4H2,1-3H3,(H,20,21)(H,22,23). The molecule has 0 spiro atoms. The molecule has 2 aromatic carbocycles. The van der Waals surface area contributed by atoms with Crippen LogP contribution in [0.5, 0.6) is 0 Å². The van der Waals surface area contributed by atoms with Gasteiger partial charge in [-0.3, -0.25) is 9.59 Å². The summed E-state index contributed by atoms with van der Waals surface area (Å²) in [5.41, 5.74) is 2.03. The van der Waals surface area contributed by atoms with E-state index in [1.54, 1.807) is 44.2 Å². The van der Waals surface area contributed by atoms with Gasteiger partial charge in [-0.2, -0.15) is 0 Å². The van der Waals surface area contributed by atoms with Gasteiger partial charge in [0.1, 0.15) is 0 Å². The Labute approximate surface area is 136 Å². The highest BCUT2D eigenvalue weighted by Gasteiger charge is 2.29. The molecule has 0 saturated carbocycles. The second-order valence-electron chi connectivity index (χ2n) is 5.97. The molecule has 0 unspecified atom stereocenters. The molecule has 0 radical (unpaired) electrons. The summed E-state index contributed by atoms with van der Waals surface area (Å²) >= 11 is 0. The van der Waals surface area contributed by atoms with Gasteiger partial charge in [-0.15, -0.1) is 0 Å². The number of amides is 1. The third kappa shape index (κ3) is 3.59. The van der Waals surface area contributed by atoms with Gasteiger partial charge in [0.15, 0.2) is 0 Å². The minimum absolute atomic E-state index is 0.160. The van der Waals surface area contributed by atoms with Crippen molar-refractivity contribution >= 4 is 17.6 Å². The Bertz CT molecular complexity index is 718. The summed E-state index contributed by atoms with van der Waals surface area (Å²) in [4.78, 5) is 23.6. The lowest BCUT2D eigenvalue weighted by molar-refractivity contribution is -0.142. The largest absolute Gasteiger partial charge is 0.481 e. The molecule has 4 heteroatoms. The predicted octanol–water partition coefficient (Wildman–Crippen LogP) is 3.86. The van der Waals surface area contributed by atoms with Crippen molar-refractivity contribution in [3.05, 3.63) is 65.2 Å². The molecule has 0 aliphatic carbocycles. The van der Waals surface area contributed by atoms with Gasteiger partial charge < -0.3 is 10.4 Å². The zero-order chi connectivity index (χ0) is 17.0. The number of carbonyl (C=O) groups excluding carboxylic acids is 1. The van der Waals surface area contributed by atoms with Crippen LogP contribution < -0.4 is 5.32 Å². The van der Waals surface area contributed by atoms with E-state index in [9.17, 15) is 14.7 Å². The summed E-state index contributed by atoms with van der Waals surface area (Å²) in [6.07, 6.45) is 0.787. The lowest BCUT2D eigenvalue weighted by atomic mass is 9.85. The van der Waals surface area contributed by atoms with Crippen molar-refractivity contribution in [3.8, 4) is 0 Å². The molecule has 0 bridgehead atoms. The lowest BCUT2D eigenvalue weighted by Crippen LogP contribution is -2.28. The number of aliphatic carboxylic acids is 1. The molecule has 0 saturated heterocycles. The van der Waals surface area contributed by atoms with Crippen molar-refractivity contribution in [3.63, 3.8) is 0 Å². The summed E-state index contributed by atoms with van der Waals surface area (Å²) in [7, 11) is 0. The highest BCUT2D eigenvalue weighted by Crippen LogP contribution is 2.25. The minimum atomic E-state index is -0.961. The normalized spacial score (nSPS) is 11.1. The van der Waals surface area contributed by atoms with Crippen LogP contribution in [0.1, 0.15) is 42.3 Å². The number of rotatable bonds is 5. The molecule has 120 valence electrons. The summed E-state index contributed by atoms with van der Waals surface area (Å²) in [5.74, 6) is -1.04. The minimum Gasteiger partial charge on any atom is -0.481 e. The van der Waals surface area contributed by atoms with E-state index in [0.717, 1.165) is 12.0 Å². The van der Waals surface area contributed by atoms with Gasteiger partial charge in [-0.1, -0.05) is 37.3 Å². The SMILES string of the molecule is CCc1ccccc1C(=O)Nc1ccc(C(C)(C)C(=O)O)cc1. The van der Waals surface area contributed by atoms with Crippen LogP contribution in [0, 0.1) is 0 Å². The first-order valence-electron chi connectivity index (χ1n) is 7.59. The summed E-state index contributed by atoms with van der Waals surface area (Å²) < 4.78 is 0. The van der Waals surface area contributed by atoms with Gasteiger partial charge in [0.2, 0.25) is 0 Å². The van der Waals surface area contributed by atoms with Crippen LogP contribution >= 0.6 is 0 Å². The molecule has 0 atom stereocenters. The van der Waals surface area contributed by atoms with Crippen LogP contribution in [0.25, 0.3) is 0 Å². The van der Waals surface area contributed by atoms with E-state index < -0.39 is 11.4 Å². The average molecular weight is 311 g/mol. The number of carboxylic acids is 1. The smallest absolute Gasteiger partial charge is 0.313 e. The summed E-state index contributed by atoms with van der Waals surface area (Å²) in [6, 6.07) is 14.4. The molecule has 0 heterocycles. The highest BCUT2D eigenvalue weighted by atomic mass is 16.4. The van der Waals surface area contributed by atoms with Crippen LogP contribution in [0.15, 0.2) is 48.5 Å². The number of hydrogen-bond acceptors (Lipinski definition) is 2. The summed E-state index contributed by atoms with van der Waals surface area (Å²) in [6.45, 7) is 5.32. The average Bonchev–Trinajstić information content (AvgIpc) is 2.55. The molecule has 0 aliphatic heterocycles. The number of nitrogens with one attached hydrogen (secondary N) is 1. The number of benzene rings is 2. The highest BCUT2D eigenvalue weighted by molar-refractivity contribution is 6.05. The van der Waals surface area contributed by atoms with Crippen LogP contribution in [-0.2, 0) is 16.6 Å². The van der Waals surface area contributed by atoms with Gasteiger partial charge in [0.05, 0.1) is 5.41 Å². The van der Waals surface area contributed by atoms with Gasteiger partial charge in [0.25, 0.3) is 5.91 Å². The molecule has 2 N–H and O–H groups in total. The molecule has 4 nitrogen and oxygen atoms in total. The fourth-order valence-electron chi connectivity index (χ4n) is 2.34. The molecular weight excluding hydrogens is 290 g/mol. The van der Waals surface area contributed by atoms with E-state index in [2.05, 4.69) is 5.32 Å². The van der Waals surface area contributed by atoms with Crippen molar-refractivity contribution in [1.29, 1.82) is 0 Å². The fourth-order valence-corrected chi connectivity index (χ4v) is 2.34. The molecular formula is C19H21NO3. The quantitative estimate of drug-likeness (QED) is 0.881. The van der Waals surface area contributed by atoms with E-state index in [0.29, 0.717) is 16.8 Å². The third-order valence-electron chi connectivity index (χ3n) is 4.04. The van der Waals surface area contributed by atoms with E-state index in [1.807, 2.05) is 25.1 Å². The maximum Gasteiger partial charge on any atom is 0.313 e. The van der Waals surface area contributed by atoms with Crippen molar-refractivity contribution in [2.24, 2.45) is 0 Å². The molecule has 2 rings (SSSR count). The summed E-state index contributed by atoms with van der Waals surface area (Å²) in [5, 5.41) is 12.1. The van der Waals surface area contributed by atoms with Crippen molar-refractivity contribution in [2.75, 3.05) is 5.32 Å². The first kappa shape index (κ1) is 16.7. The topological polar surface area (TPSA) is 66.4 Å². The van der Waals surface area contributed by atoms with Crippen molar-refractivity contribution in [1.82, 2.24) is 0 Å². The maximum absolute atomic E-state index is 12.4. The van der Waals surface area contributed by atoms with Crippen LogP contribution in [0.2, 0.25) is 0 Å².